The van der Waals surface area contributed by atoms with Gasteiger partial charge in [0.05, 0.1) is 40.1 Å². The molecule has 1 aliphatic rings. The Balaban J connectivity index is 1.50. The molecule has 0 amide bonds. The Morgan fingerprint density at radius 2 is 1.76 bits per heavy atom. The minimum Gasteiger partial charge on any atom is -0.381 e. The Morgan fingerprint density at radius 1 is 1.05 bits per heavy atom. The van der Waals surface area contributed by atoms with Crippen LogP contribution >= 0.6 is 23.2 Å². The van der Waals surface area contributed by atoms with E-state index in [1.807, 2.05) is 61.1 Å². The third-order valence-electron chi connectivity index (χ3n) is 7.60. The fraction of sp³-hybridized carbons (Fsp3) is 0.419. The van der Waals surface area contributed by atoms with E-state index in [2.05, 4.69) is 57.7 Å². The van der Waals surface area contributed by atoms with Crippen molar-refractivity contribution in [1.82, 2.24) is 24.9 Å². The van der Waals surface area contributed by atoms with Crippen LogP contribution in [0.5, 0.6) is 0 Å². The minimum atomic E-state index is -0.308. The molecule has 41 heavy (non-hydrogen) atoms. The number of benzene rings is 2. The number of halogens is 2. The number of nitriles is 1. The summed E-state index contributed by atoms with van der Waals surface area (Å²) < 4.78 is 2.01. The van der Waals surface area contributed by atoms with Crippen LogP contribution in [0.2, 0.25) is 10.0 Å². The summed E-state index contributed by atoms with van der Waals surface area (Å²) in [5.74, 6) is 0. The number of fused-ring (bicyclic) bond motifs is 1. The Morgan fingerprint density at radius 3 is 2.39 bits per heavy atom. The van der Waals surface area contributed by atoms with Crippen LogP contribution in [-0.4, -0.2) is 49.5 Å². The zero-order chi connectivity index (χ0) is 29.3. The zero-order valence-electron chi connectivity index (χ0n) is 24.1. The number of likely N-dealkylation sites (tertiary alicyclic amines) is 1. The van der Waals surface area contributed by atoms with Gasteiger partial charge in [0.1, 0.15) is 11.8 Å². The van der Waals surface area contributed by atoms with Crippen molar-refractivity contribution < 1.29 is 0 Å². The van der Waals surface area contributed by atoms with Crippen molar-refractivity contribution in [2.45, 2.75) is 71.1 Å². The van der Waals surface area contributed by atoms with E-state index in [1.54, 1.807) is 6.20 Å². The highest BCUT2D eigenvalue weighted by molar-refractivity contribution is 6.36. The highest BCUT2D eigenvalue weighted by Crippen LogP contribution is 2.36. The summed E-state index contributed by atoms with van der Waals surface area (Å²) in [6.07, 6.45) is 5.67. The van der Waals surface area contributed by atoms with Gasteiger partial charge in [0.2, 0.25) is 0 Å². The van der Waals surface area contributed by atoms with E-state index in [0.29, 0.717) is 32.9 Å². The number of hydrogen-bond donors (Lipinski definition) is 2. The van der Waals surface area contributed by atoms with Crippen molar-refractivity contribution in [2.24, 2.45) is 0 Å². The molecule has 3 heterocycles. The van der Waals surface area contributed by atoms with E-state index in [0.717, 1.165) is 48.3 Å². The number of anilines is 2. The van der Waals surface area contributed by atoms with Crippen LogP contribution in [0.3, 0.4) is 0 Å². The van der Waals surface area contributed by atoms with Crippen molar-refractivity contribution in [3.05, 3.63) is 75.7 Å². The number of aromatic nitrogens is 4. The molecule has 0 unspecified atom stereocenters. The molecule has 4 aromatic rings. The first kappa shape index (κ1) is 29.1. The molecule has 0 saturated carbocycles. The largest absolute Gasteiger partial charge is 0.381 e. The Hall–Kier alpha value is -3.38. The molecule has 2 aromatic carbocycles. The molecule has 0 spiro atoms. The first-order chi connectivity index (χ1) is 19.5. The second-order valence-corrected chi connectivity index (χ2v) is 12.8. The maximum absolute atomic E-state index is 9.75. The lowest BCUT2D eigenvalue weighted by Crippen LogP contribution is -2.46. The maximum atomic E-state index is 9.75. The van der Waals surface area contributed by atoms with Gasteiger partial charge >= 0.3 is 0 Å². The van der Waals surface area contributed by atoms with Gasteiger partial charge < -0.3 is 10.6 Å². The molecule has 214 valence electrons. The SMILES string of the molecule is CC(C)Nc1c(C#N)cnc2c(Cl)cc(N[C@@H](c3ccc(Cl)cc3)c3cn(C4CCN(C(C)(C)C)CC4)nn3)cc12. The second-order valence-electron chi connectivity index (χ2n) is 12.0. The normalized spacial score (nSPS) is 15.7. The average molecular weight is 592 g/mol. The molecule has 0 bridgehead atoms. The van der Waals surface area contributed by atoms with Crippen LogP contribution < -0.4 is 10.6 Å². The Kier molecular flexibility index (Phi) is 8.42. The molecule has 5 rings (SSSR count). The van der Waals surface area contributed by atoms with E-state index in [1.165, 1.54) is 0 Å². The molecule has 0 aliphatic carbocycles. The third kappa shape index (κ3) is 6.43. The molecule has 2 aromatic heterocycles. The number of nitrogens with zero attached hydrogens (tertiary/aromatic N) is 6. The van der Waals surface area contributed by atoms with E-state index < -0.39 is 0 Å². The fourth-order valence-electron chi connectivity index (χ4n) is 5.42. The molecule has 0 radical (unpaired) electrons. The van der Waals surface area contributed by atoms with E-state index in [9.17, 15) is 5.26 Å². The van der Waals surface area contributed by atoms with Crippen LogP contribution in [0.25, 0.3) is 10.9 Å². The molecular weight excluding hydrogens is 555 g/mol. The van der Waals surface area contributed by atoms with Gasteiger partial charge in [0, 0.05) is 47.0 Å². The standard InChI is InChI=1S/C31H36Cl2N8/c1-19(2)36-28-21(16-34)17-35-30-25(28)14-23(15-26(30)33)37-29(20-6-8-22(32)9-7-20)27-18-41(39-38-27)24-10-12-40(13-11-24)31(3,4)5/h6-9,14-15,17-19,24,29,37H,10-13H2,1-5H3,(H,35,36)/t29-/m0/s1. The minimum absolute atomic E-state index is 0.121. The summed E-state index contributed by atoms with van der Waals surface area (Å²) in [6, 6.07) is 13.9. The number of rotatable bonds is 7. The van der Waals surface area contributed by atoms with Crippen LogP contribution in [0, 0.1) is 11.3 Å². The molecule has 10 heteroatoms. The maximum Gasteiger partial charge on any atom is 0.109 e. The second kappa shape index (κ2) is 11.8. The number of piperidine rings is 1. The number of hydrogen-bond acceptors (Lipinski definition) is 7. The van der Waals surface area contributed by atoms with Crippen molar-refractivity contribution in [3.8, 4) is 6.07 Å². The van der Waals surface area contributed by atoms with Gasteiger partial charge in [-0.2, -0.15) is 5.26 Å². The summed E-state index contributed by atoms with van der Waals surface area (Å²) in [6.45, 7) is 12.9. The predicted molar refractivity (Wildman–Crippen MR) is 167 cm³/mol. The summed E-state index contributed by atoms with van der Waals surface area (Å²) in [7, 11) is 0. The van der Waals surface area contributed by atoms with E-state index >= 15 is 0 Å². The summed E-state index contributed by atoms with van der Waals surface area (Å²) in [5.41, 5.74) is 4.55. The average Bonchev–Trinajstić information content (AvgIpc) is 3.42. The van der Waals surface area contributed by atoms with Gasteiger partial charge in [0.15, 0.2) is 0 Å². The summed E-state index contributed by atoms with van der Waals surface area (Å²) >= 11 is 13.0. The first-order valence-corrected chi connectivity index (χ1v) is 14.8. The lowest BCUT2D eigenvalue weighted by atomic mass is 9.98. The lowest BCUT2D eigenvalue weighted by Gasteiger charge is -2.40. The highest BCUT2D eigenvalue weighted by Gasteiger charge is 2.29. The number of nitrogens with one attached hydrogen (secondary N) is 2. The summed E-state index contributed by atoms with van der Waals surface area (Å²) in [5, 5.41) is 27.9. The van der Waals surface area contributed by atoms with Crippen molar-refractivity contribution in [2.75, 3.05) is 23.7 Å². The van der Waals surface area contributed by atoms with Gasteiger partial charge in [-0.05, 0) is 77.3 Å². The van der Waals surface area contributed by atoms with Crippen molar-refractivity contribution in [3.63, 3.8) is 0 Å². The first-order valence-electron chi connectivity index (χ1n) is 14.0. The van der Waals surface area contributed by atoms with Crippen molar-refractivity contribution in [1.29, 1.82) is 5.26 Å². The Labute approximate surface area is 251 Å². The van der Waals surface area contributed by atoms with E-state index in [4.69, 9.17) is 23.2 Å². The monoisotopic (exact) mass is 590 g/mol. The fourth-order valence-corrected chi connectivity index (χ4v) is 5.82. The number of pyridine rings is 1. The molecule has 1 fully saturated rings. The predicted octanol–water partition coefficient (Wildman–Crippen LogP) is 7.46. The quantitative estimate of drug-likeness (QED) is 0.230. The topological polar surface area (TPSA) is 94.7 Å². The summed E-state index contributed by atoms with van der Waals surface area (Å²) in [4.78, 5) is 7.00. The molecular formula is C31H36Cl2N8. The third-order valence-corrected chi connectivity index (χ3v) is 8.14. The van der Waals surface area contributed by atoms with Gasteiger partial charge in [-0.3, -0.25) is 9.88 Å². The van der Waals surface area contributed by atoms with Gasteiger partial charge in [-0.15, -0.1) is 5.10 Å². The highest BCUT2D eigenvalue weighted by atomic mass is 35.5. The van der Waals surface area contributed by atoms with Crippen molar-refractivity contribution >= 4 is 45.5 Å². The molecule has 1 saturated heterocycles. The molecule has 2 N–H and O–H groups in total. The Bertz CT molecular complexity index is 1560. The molecule has 1 aliphatic heterocycles. The van der Waals surface area contributed by atoms with Crippen LogP contribution in [-0.2, 0) is 0 Å². The van der Waals surface area contributed by atoms with Crippen LogP contribution in [0.15, 0.2) is 48.8 Å². The smallest absolute Gasteiger partial charge is 0.109 e. The van der Waals surface area contributed by atoms with Gasteiger partial charge in [0.25, 0.3) is 0 Å². The van der Waals surface area contributed by atoms with Gasteiger partial charge in [-0.1, -0.05) is 40.5 Å². The van der Waals surface area contributed by atoms with Gasteiger partial charge in [-0.25, -0.2) is 4.68 Å². The van der Waals surface area contributed by atoms with Crippen LogP contribution in [0.1, 0.15) is 76.4 Å². The zero-order valence-corrected chi connectivity index (χ0v) is 25.6. The lowest BCUT2D eigenvalue weighted by molar-refractivity contribution is 0.0866. The molecule has 8 nitrogen and oxygen atoms in total. The molecule has 1 atom stereocenters. The van der Waals surface area contributed by atoms with E-state index in [-0.39, 0.29) is 17.6 Å². The van der Waals surface area contributed by atoms with Crippen LogP contribution in [0.4, 0.5) is 11.4 Å².